The monoisotopic (exact) mass is 259 g/mol. The van der Waals surface area contributed by atoms with E-state index in [1.165, 1.54) is 77.0 Å². The standard InChI is InChI=1S/C14H30.CH3NO2/c1-3-5-7-9-11-13-14-12-10-8-6-4-2;2-1(3)4/h3-14H2,1-2H3;2H2,(H,3,4). The minimum atomic E-state index is -1.33. The molecule has 0 aliphatic carbocycles. The Labute approximate surface area is 113 Å². The van der Waals surface area contributed by atoms with Gasteiger partial charge in [0.25, 0.3) is 0 Å². The lowest BCUT2D eigenvalue weighted by Gasteiger charge is -2.01. The molecule has 0 rings (SSSR count). The van der Waals surface area contributed by atoms with Gasteiger partial charge in [0.15, 0.2) is 0 Å². The molecule has 0 aromatic carbocycles. The van der Waals surface area contributed by atoms with Crippen LogP contribution in [0.1, 0.15) is 90.9 Å². The largest absolute Gasteiger partial charge is 0.465 e. The van der Waals surface area contributed by atoms with E-state index < -0.39 is 6.09 Å². The van der Waals surface area contributed by atoms with E-state index in [2.05, 4.69) is 19.6 Å². The van der Waals surface area contributed by atoms with Gasteiger partial charge in [0.05, 0.1) is 0 Å². The number of hydrogen-bond acceptors (Lipinski definition) is 1. The van der Waals surface area contributed by atoms with E-state index in [1.807, 2.05) is 0 Å². The summed E-state index contributed by atoms with van der Waals surface area (Å²) in [5.74, 6) is 0. The van der Waals surface area contributed by atoms with Crippen molar-refractivity contribution < 1.29 is 9.90 Å². The molecule has 0 saturated carbocycles. The Bertz CT molecular complexity index is 145. The van der Waals surface area contributed by atoms with Gasteiger partial charge in [-0.15, -0.1) is 0 Å². The molecule has 0 unspecified atom stereocenters. The fraction of sp³-hybridized carbons (Fsp3) is 0.933. The molecule has 0 aromatic heterocycles. The molecule has 1 amide bonds. The first-order chi connectivity index (χ1) is 8.65. The van der Waals surface area contributed by atoms with Crippen LogP contribution < -0.4 is 5.73 Å². The van der Waals surface area contributed by atoms with Gasteiger partial charge in [-0.3, -0.25) is 0 Å². The Morgan fingerprint density at radius 1 is 0.722 bits per heavy atom. The van der Waals surface area contributed by atoms with Crippen LogP contribution >= 0.6 is 0 Å². The summed E-state index contributed by atoms with van der Waals surface area (Å²) >= 11 is 0. The third kappa shape index (κ3) is 29.5. The molecule has 18 heavy (non-hydrogen) atoms. The van der Waals surface area contributed by atoms with Crippen LogP contribution in [-0.4, -0.2) is 11.2 Å². The second-order valence-electron chi connectivity index (χ2n) is 4.87. The molecule has 3 heteroatoms. The van der Waals surface area contributed by atoms with Crippen molar-refractivity contribution in [1.82, 2.24) is 0 Å². The number of carbonyl (C=O) groups is 1. The van der Waals surface area contributed by atoms with Crippen LogP contribution in [0.25, 0.3) is 0 Å². The average Bonchev–Trinajstić information content (AvgIpc) is 2.31. The summed E-state index contributed by atoms with van der Waals surface area (Å²) in [6.07, 6.45) is 16.1. The second-order valence-corrected chi connectivity index (χ2v) is 4.87. The minimum absolute atomic E-state index is 1.33. The maximum atomic E-state index is 8.78. The van der Waals surface area contributed by atoms with Crippen molar-refractivity contribution in [3.05, 3.63) is 0 Å². The number of primary amides is 1. The Balaban J connectivity index is 0. The van der Waals surface area contributed by atoms with Gasteiger partial charge in [-0.05, 0) is 0 Å². The van der Waals surface area contributed by atoms with Crippen molar-refractivity contribution in [2.75, 3.05) is 0 Å². The zero-order valence-corrected chi connectivity index (χ0v) is 12.4. The van der Waals surface area contributed by atoms with Crippen LogP contribution in [0.15, 0.2) is 0 Å². The van der Waals surface area contributed by atoms with E-state index in [0.29, 0.717) is 0 Å². The highest BCUT2D eigenvalue weighted by atomic mass is 16.4. The topological polar surface area (TPSA) is 63.3 Å². The van der Waals surface area contributed by atoms with E-state index >= 15 is 0 Å². The second kappa shape index (κ2) is 18.6. The fourth-order valence-corrected chi connectivity index (χ4v) is 1.91. The van der Waals surface area contributed by atoms with Crippen LogP contribution in [0.2, 0.25) is 0 Å². The molecule has 0 spiro atoms. The van der Waals surface area contributed by atoms with Crippen molar-refractivity contribution in [2.45, 2.75) is 90.9 Å². The molecular weight excluding hydrogens is 226 g/mol. The molecular formula is C15H33NO2. The lowest BCUT2D eigenvalue weighted by Crippen LogP contribution is -2.03. The van der Waals surface area contributed by atoms with Gasteiger partial charge < -0.3 is 10.8 Å². The van der Waals surface area contributed by atoms with Gasteiger partial charge in [-0.1, -0.05) is 90.9 Å². The summed E-state index contributed by atoms with van der Waals surface area (Å²) < 4.78 is 0. The van der Waals surface area contributed by atoms with E-state index in [0.717, 1.165) is 0 Å². The molecule has 0 atom stereocenters. The Morgan fingerprint density at radius 3 is 1.06 bits per heavy atom. The Hall–Kier alpha value is -0.730. The molecule has 0 aromatic rings. The molecule has 0 bridgehead atoms. The summed E-state index contributed by atoms with van der Waals surface area (Å²) in [7, 11) is 0. The van der Waals surface area contributed by atoms with Gasteiger partial charge in [0, 0.05) is 0 Å². The van der Waals surface area contributed by atoms with Crippen LogP contribution in [0.3, 0.4) is 0 Å². The fourth-order valence-electron chi connectivity index (χ4n) is 1.91. The molecule has 3 nitrogen and oxygen atoms in total. The van der Waals surface area contributed by atoms with E-state index in [4.69, 9.17) is 9.90 Å². The normalized spacial score (nSPS) is 9.67. The SMILES string of the molecule is CCCCCCCCCCCCCC.NC(=O)O. The zero-order valence-electron chi connectivity index (χ0n) is 12.4. The molecule has 0 aliphatic rings. The van der Waals surface area contributed by atoms with Gasteiger partial charge in [0.1, 0.15) is 0 Å². The Kier molecular flexibility index (Phi) is 20.3. The van der Waals surface area contributed by atoms with E-state index in [9.17, 15) is 0 Å². The number of carboxylic acid groups (broad SMARTS) is 1. The van der Waals surface area contributed by atoms with Crippen LogP contribution in [-0.2, 0) is 0 Å². The predicted molar refractivity (Wildman–Crippen MR) is 79.0 cm³/mol. The minimum Gasteiger partial charge on any atom is -0.465 e. The summed E-state index contributed by atoms with van der Waals surface area (Å²) in [4.78, 5) is 8.78. The van der Waals surface area contributed by atoms with Crippen molar-refractivity contribution in [2.24, 2.45) is 5.73 Å². The van der Waals surface area contributed by atoms with Gasteiger partial charge in [-0.2, -0.15) is 0 Å². The molecule has 0 radical (unpaired) electrons. The van der Waals surface area contributed by atoms with Gasteiger partial charge >= 0.3 is 6.09 Å². The summed E-state index contributed by atoms with van der Waals surface area (Å²) in [5, 5.41) is 7.19. The molecule has 0 heterocycles. The number of nitrogens with two attached hydrogens (primary N) is 1. The highest BCUT2D eigenvalue weighted by Gasteiger charge is 1.91. The highest BCUT2D eigenvalue weighted by Crippen LogP contribution is 2.11. The maximum Gasteiger partial charge on any atom is 0.402 e. The first-order valence-electron chi connectivity index (χ1n) is 7.63. The van der Waals surface area contributed by atoms with E-state index in [-0.39, 0.29) is 0 Å². The predicted octanol–water partition coefficient (Wildman–Crippen LogP) is 5.33. The third-order valence-corrected chi connectivity index (χ3v) is 2.96. The quantitative estimate of drug-likeness (QED) is 0.492. The zero-order chi connectivity index (χ0) is 14.1. The molecule has 0 saturated heterocycles. The lowest BCUT2D eigenvalue weighted by molar-refractivity contribution is 0.205. The number of rotatable bonds is 11. The molecule has 110 valence electrons. The Morgan fingerprint density at radius 2 is 0.889 bits per heavy atom. The molecule has 3 N–H and O–H groups in total. The van der Waals surface area contributed by atoms with Gasteiger partial charge in [0.2, 0.25) is 0 Å². The summed E-state index contributed by atoms with van der Waals surface area (Å²) in [6, 6.07) is 0. The highest BCUT2D eigenvalue weighted by molar-refractivity contribution is 5.61. The lowest BCUT2D eigenvalue weighted by atomic mass is 10.1. The smallest absolute Gasteiger partial charge is 0.402 e. The average molecular weight is 259 g/mol. The summed E-state index contributed by atoms with van der Waals surface area (Å²) in [6.45, 7) is 4.57. The number of amides is 1. The van der Waals surface area contributed by atoms with Crippen molar-refractivity contribution in [3.63, 3.8) is 0 Å². The third-order valence-electron chi connectivity index (χ3n) is 2.96. The maximum absolute atomic E-state index is 8.78. The van der Waals surface area contributed by atoms with Crippen molar-refractivity contribution in [3.8, 4) is 0 Å². The van der Waals surface area contributed by atoms with E-state index in [1.54, 1.807) is 0 Å². The van der Waals surface area contributed by atoms with Crippen LogP contribution in [0.5, 0.6) is 0 Å². The molecule has 0 fully saturated rings. The van der Waals surface area contributed by atoms with Crippen molar-refractivity contribution in [1.29, 1.82) is 0 Å². The van der Waals surface area contributed by atoms with Gasteiger partial charge in [-0.25, -0.2) is 4.79 Å². The first kappa shape index (κ1) is 19.6. The number of hydrogen-bond donors (Lipinski definition) is 2. The van der Waals surface area contributed by atoms with Crippen LogP contribution in [0, 0.1) is 0 Å². The van der Waals surface area contributed by atoms with Crippen molar-refractivity contribution >= 4 is 6.09 Å². The van der Waals surface area contributed by atoms with Crippen LogP contribution in [0.4, 0.5) is 4.79 Å². The summed E-state index contributed by atoms with van der Waals surface area (Å²) in [5.41, 5.74) is 4.03. The number of unbranched alkanes of at least 4 members (excludes halogenated alkanes) is 11. The molecule has 0 aliphatic heterocycles. The first-order valence-corrected chi connectivity index (χ1v) is 7.63.